The highest BCUT2D eigenvalue weighted by Gasteiger charge is 2.20. The van der Waals surface area contributed by atoms with Crippen molar-refractivity contribution in [2.75, 3.05) is 7.05 Å². The van der Waals surface area contributed by atoms with Crippen LogP contribution in [-0.2, 0) is 19.4 Å². The lowest BCUT2D eigenvalue weighted by Gasteiger charge is -2.19. The van der Waals surface area contributed by atoms with Crippen molar-refractivity contribution in [3.63, 3.8) is 0 Å². The zero-order chi connectivity index (χ0) is 18.4. The second kappa shape index (κ2) is 6.24. The summed E-state index contributed by atoms with van der Waals surface area (Å²) in [6, 6.07) is 25.2. The number of hydrogen-bond donors (Lipinski definition) is 0. The van der Waals surface area contributed by atoms with Gasteiger partial charge in [0, 0.05) is 19.2 Å². The number of hydrogen-bond acceptors (Lipinski definition) is 1. The molecule has 0 fully saturated rings. The lowest BCUT2D eigenvalue weighted by molar-refractivity contribution is 0.0787. The Morgan fingerprint density at radius 3 is 2.48 bits per heavy atom. The molecule has 1 amide bonds. The summed E-state index contributed by atoms with van der Waals surface area (Å²) in [7, 11) is 1.89. The van der Waals surface area contributed by atoms with E-state index in [2.05, 4.69) is 54.6 Å². The molecule has 0 unspecified atom stereocenters. The number of rotatable bonds is 3. The van der Waals surface area contributed by atoms with Crippen molar-refractivity contribution in [1.82, 2.24) is 4.90 Å². The highest BCUT2D eigenvalue weighted by atomic mass is 16.2. The summed E-state index contributed by atoms with van der Waals surface area (Å²) in [5, 5.41) is 4.82. The lowest BCUT2D eigenvalue weighted by Crippen LogP contribution is -2.26. The van der Waals surface area contributed by atoms with E-state index < -0.39 is 0 Å². The third-order valence-corrected chi connectivity index (χ3v) is 5.69. The SMILES string of the molecule is CN(Cc1ccc2ccccc2c1)C(=O)c1ccc2c3c(cccc13)CC2. The summed E-state index contributed by atoms with van der Waals surface area (Å²) >= 11 is 0. The number of carbonyl (C=O) groups excluding carboxylic acids is 1. The van der Waals surface area contributed by atoms with Gasteiger partial charge in [0.1, 0.15) is 0 Å². The molecule has 0 aromatic heterocycles. The van der Waals surface area contributed by atoms with E-state index in [0.717, 1.165) is 29.4 Å². The van der Waals surface area contributed by atoms with Gasteiger partial charge in [-0.05, 0) is 63.2 Å². The van der Waals surface area contributed by atoms with E-state index >= 15 is 0 Å². The fourth-order valence-electron chi connectivity index (χ4n) is 4.32. The van der Waals surface area contributed by atoms with Crippen LogP contribution >= 0.6 is 0 Å². The molecule has 1 aliphatic carbocycles. The molecule has 2 heteroatoms. The molecule has 5 rings (SSSR count). The van der Waals surface area contributed by atoms with E-state index in [-0.39, 0.29) is 5.91 Å². The van der Waals surface area contributed by atoms with Crippen LogP contribution in [0.1, 0.15) is 27.0 Å². The summed E-state index contributed by atoms with van der Waals surface area (Å²) in [6.45, 7) is 0.604. The molecular weight excluding hydrogens is 330 g/mol. The Bertz CT molecular complexity index is 1180. The average molecular weight is 351 g/mol. The van der Waals surface area contributed by atoms with Crippen molar-refractivity contribution in [3.05, 3.63) is 95.1 Å². The lowest BCUT2D eigenvalue weighted by atomic mass is 9.99. The van der Waals surface area contributed by atoms with E-state index in [1.807, 2.05) is 30.1 Å². The maximum Gasteiger partial charge on any atom is 0.254 e. The number of benzene rings is 4. The second-order valence-electron chi connectivity index (χ2n) is 7.45. The highest BCUT2D eigenvalue weighted by molar-refractivity contribution is 6.09. The smallest absolute Gasteiger partial charge is 0.254 e. The molecule has 0 atom stereocenters. The van der Waals surface area contributed by atoms with Crippen LogP contribution in [0.4, 0.5) is 0 Å². The van der Waals surface area contributed by atoms with E-state index in [9.17, 15) is 4.79 Å². The molecule has 4 aromatic rings. The molecule has 4 aromatic carbocycles. The maximum atomic E-state index is 13.2. The van der Waals surface area contributed by atoms with Gasteiger partial charge < -0.3 is 4.90 Å². The minimum absolute atomic E-state index is 0.0822. The standard InChI is InChI=1S/C25H21NO/c1-26(16-17-9-10-18-5-2-3-6-21(18)15-17)25(27)23-14-13-20-12-11-19-7-4-8-22(23)24(19)20/h2-10,13-15H,11-12,16H2,1H3. The molecule has 0 heterocycles. The van der Waals surface area contributed by atoms with Crippen LogP contribution in [0.25, 0.3) is 21.5 Å². The Balaban J connectivity index is 1.48. The quantitative estimate of drug-likeness (QED) is 0.486. The summed E-state index contributed by atoms with van der Waals surface area (Å²) < 4.78 is 0. The van der Waals surface area contributed by atoms with Crippen molar-refractivity contribution in [2.45, 2.75) is 19.4 Å². The molecule has 2 nitrogen and oxygen atoms in total. The van der Waals surface area contributed by atoms with Gasteiger partial charge in [0.2, 0.25) is 0 Å². The summed E-state index contributed by atoms with van der Waals surface area (Å²) in [4.78, 5) is 15.0. The van der Waals surface area contributed by atoms with Crippen LogP contribution in [0.5, 0.6) is 0 Å². The van der Waals surface area contributed by atoms with Gasteiger partial charge in [0.25, 0.3) is 5.91 Å². The van der Waals surface area contributed by atoms with Crippen LogP contribution in [0.15, 0.2) is 72.8 Å². The molecule has 0 N–H and O–H groups in total. The Hall–Kier alpha value is -3.13. The average Bonchev–Trinajstić information content (AvgIpc) is 3.13. The molecule has 0 saturated carbocycles. The van der Waals surface area contributed by atoms with E-state index in [1.165, 1.54) is 27.3 Å². The third-order valence-electron chi connectivity index (χ3n) is 5.69. The molecule has 27 heavy (non-hydrogen) atoms. The van der Waals surface area contributed by atoms with Gasteiger partial charge in [-0.15, -0.1) is 0 Å². The van der Waals surface area contributed by atoms with Crippen LogP contribution < -0.4 is 0 Å². The molecule has 0 saturated heterocycles. The molecule has 1 aliphatic rings. The first-order valence-electron chi connectivity index (χ1n) is 9.47. The van der Waals surface area contributed by atoms with Crippen molar-refractivity contribution >= 4 is 27.5 Å². The van der Waals surface area contributed by atoms with E-state index in [0.29, 0.717) is 6.54 Å². The first-order valence-corrected chi connectivity index (χ1v) is 9.47. The molecule has 0 aliphatic heterocycles. The van der Waals surface area contributed by atoms with E-state index in [1.54, 1.807) is 0 Å². The van der Waals surface area contributed by atoms with Crippen molar-refractivity contribution in [3.8, 4) is 0 Å². The third kappa shape index (κ3) is 2.69. The van der Waals surface area contributed by atoms with Crippen LogP contribution in [0.2, 0.25) is 0 Å². The molecule has 0 spiro atoms. The normalized spacial score (nSPS) is 12.6. The zero-order valence-corrected chi connectivity index (χ0v) is 15.4. The first kappa shape index (κ1) is 16.1. The molecule has 0 radical (unpaired) electrons. The van der Waals surface area contributed by atoms with Gasteiger partial charge >= 0.3 is 0 Å². The Morgan fingerprint density at radius 2 is 1.63 bits per heavy atom. The predicted octanol–water partition coefficient (Wildman–Crippen LogP) is 5.36. The van der Waals surface area contributed by atoms with Gasteiger partial charge in [-0.3, -0.25) is 4.79 Å². The number of aryl methyl sites for hydroxylation is 2. The zero-order valence-electron chi connectivity index (χ0n) is 15.4. The van der Waals surface area contributed by atoms with Gasteiger partial charge in [-0.1, -0.05) is 60.7 Å². The summed E-state index contributed by atoms with van der Waals surface area (Å²) in [6.07, 6.45) is 2.16. The highest BCUT2D eigenvalue weighted by Crippen LogP contribution is 2.33. The van der Waals surface area contributed by atoms with E-state index in [4.69, 9.17) is 0 Å². The van der Waals surface area contributed by atoms with Gasteiger partial charge in [0.05, 0.1) is 0 Å². The van der Waals surface area contributed by atoms with Gasteiger partial charge in [0.15, 0.2) is 0 Å². The summed E-state index contributed by atoms with van der Waals surface area (Å²) in [5.74, 6) is 0.0822. The van der Waals surface area contributed by atoms with Crippen LogP contribution in [0, 0.1) is 0 Å². The van der Waals surface area contributed by atoms with Gasteiger partial charge in [-0.25, -0.2) is 0 Å². The maximum absolute atomic E-state index is 13.2. The Morgan fingerprint density at radius 1 is 0.852 bits per heavy atom. The largest absolute Gasteiger partial charge is 0.337 e. The van der Waals surface area contributed by atoms with Gasteiger partial charge in [-0.2, -0.15) is 0 Å². The minimum atomic E-state index is 0.0822. The number of fused-ring (bicyclic) bond motifs is 1. The molecule has 0 bridgehead atoms. The fraction of sp³-hybridized carbons (Fsp3) is 0.160. The fourth-order valence-corrected chi connectivity index (χ4v) is 4.32. The monoisotopic (exact) mass is 351 g/mol. The minimum Gasteiger partial charge on any atom is -0.337 e. The number of nitrogens with zero attached hydrogens (tertiary/aromatic N) is 1. The summed E-state index contributed by atoms with van der Waals surface area (Å²) in [5.41, 5.74) is 4.69. The molecular formula is C25H21NO. The Kier molecular flexibility index (Phi) is 3.71. The Labute approximate surface area is 159 Å². The molecule has 132 valence electrons. The topological polar surface area (TPSA) is 20.3 Å². The number of amides is 1. The van der Waals surface area contributed by atoms with Crippen LogP contribution in [-0.4, -0.2) is 17.9 Å². The van der Waals surface area contributed by atoms with Crippen molar-refractivity contribution in [1.29, 1.82) is 0 Å². The predicted molar refractivity (Wildman–Crippen MR) is 111 cm³/mol. The number of carbonyl (C=O) groups is 1. The first-order chi connectivity index (χ1) is 13.2. The van der Waals surface area contributed by atoms with Crippen LogP contribution in [0.3, 0.4) is 0 Å². The van der Waals surface area contributed by atoms with Crippen molar-refractivity contribution in [2.24, 2.45) is 0 Å². The second-order valence-corrected chi connectivity index (χ2v) is 7.45. The van der Waals surface area contributed by atoms with Crippen molar-refractivity contribution < 1.29 is 4.79 Å².